The minimum absolute atomic E-state index is 0.0125. The maximum Gasteiger partial charge on any atom is 0.224 e. The van der Waals surface area contributed by atoms with E-state index in [2.05, 4.69) is 44.3 Å². The van der Waals surface area contributed by atoms with Crippen LogP contribution in [0.1, 0.15) is 47.6 Å². The summed E-state index contributed by atoms with van der Waals surface area (Å²) in [6, 6.07) is 12.3. The Morgan fingerprint density at radius 2 is 1.96 bits per heavy atom. The molecule has 0 saturated heterocycles. The molecule has 4 nitrogen and oxygen atoms in total. The lowest BCUT2D eigenvalue weighted by Gasteiger charge is -2.10. The number of hydrogen-bond acceptors (Lipinski definition) is 3. The van der Waals surface area contributed by atoms with Gasteiger partial charge in [0.15, 0.2) is 0 Å². The van der Waals surface area contributed by atoms with Gasteiger partial charge in [0.2, 0.25) is 5.91 Å². The third kappa shape index (κ3) is 4.58. The largest absolute Gasteiger partial charge is 0.464 e. The van der Waals surface area contributed by atoms with Crippen molar-refractivity contribution in [3.8, 4) is 0 Å². The van der Waals surface area contributed by atoms with Gasteiger partial charge >= 0.3 is 0 Å². The first-order chi connectivity index (χ1) is 13.0. The molecule has 1 heterocycles. The van der Waals surface area contributed by atoms with Gasteiger partial charge in [0.05, 0.1) is 19.3 Å². The fourth-order valence-electron chi connectivity index (χ4n) is 3.44. The number of ether oxygens (including phenoxy) is 1. The van der Waals surface area contributed by atoms with E-state index in [0.29, 0.717) is 25.5 Å². The van der Waals surface area contributed by atoms with E-state index in [1.807, 2.05) is 18.2 Å². The normalized spacial score (nSPS) is 11.3. The van der Waals surface area contributed by atoms with Crippen molar-refractivity contribution in [3.05, 3.63) is 70.5 Å². The van der Waals surface area contributed by atoms with Crippen LogP contribution in [0.4, 0.5) is 0 Å². The van der Waals surface area contributed by atoms with Crippen molar-refractivity contribution in [1.82, 2.24) is 5.32 Å². The van der Waals surface area contributed by atoms with Crippen LogP contribution in [-0.4, -0.2) is 13.0 Å². The highest BCUT2D eigenvalue weighted by Gasteiger charge is 2.14. The smallest absolute Gasteiger partial charge is 0.224 e. The number of aryl methyl sites for hydroxylation is 1. The summed E-state index contributed by atoms with van der Waals surface area (Å²) in [6.45, 7) is 7.53. The number of rotatable bonds is 7. The number of hydrogen-bond donors (Lipinski definition) is 1. The van der Waals surface area contributed by atoms with Crippen LogP contribution >= 0.6 is 0 Å². The van der Waals surface area contributed by atoms with E-state index in [1.165, 1.54) is 11.1 Å². The predicted octanol–water partition coefficient (Wildman–Crippen LogP) is 4.87. The van der Waals surface area contributed by atoms with Crippen LogP contribution in [-0.2, 0) is 29.1 Å². The molecule has 0 radical (unpaired) electrons. The van der Waals surface area contributed by atoms with Crippen LogP contribution in [0.15, 0.2) is 47.1 Å². The number of furan rings is 1. The lowest BCUT2D eigenvalue weighted by atomic mass is 9.95. The van der Waals surface area contributed by atoms with Crippen molar-refractivity contribution < 1.29 is 13.9 Å². The molecule has 142 valence electrons. The summed E-state index contributed by atoms with van der Waals surface area (Å²) in [4.78, 5) is 12.4. The lowest BCUT2D eigenvalue weighted by Crippen LogP contribution is -2.24. The SMILES string of the molecule is COCc1cccc(CNC(=O)Cc2coc3cc(C)c(C(C)C)cc23)c1. The van der Waals surface area contributed by atoms with Gasteiger partial charge in [-0.1, -0.05) is 38.1 Å². The van der Waals surface area contributed by atoms with Crippen LogP contribution in [0.25, 0.3) is 11.0 Å². The van der Waals surface area contributed by atoms with Crippen LogP contribution in [0, 0.1) is 6.92 Å². The van der Waals surface area contributed by atoms with Crippen molar-refractivity contribution in [2.24, 2.45) is 0 Å². The molecule has 3 aromatic rings. The number of amides is 1. The molecular weight excluding hydrogens is 338 g/mol. The molecule has 0 atom stereocenters. The summed E-state index contributed by atoms with van der Waals surface area (Å²) < 4.78 is 10.8. The highest BCUT2D eigenvalue weighted by atomic mass is 16.5. The minimum Gasteiger partial charge on any atom is -0.464 e. The van der Waals surface area contributed by atoms with Gasteiger partial charge in [-0.15, -0.1) is 0 Å². The Labute approximate surface area is 160 Å². The molecule has 0 spiro atoms. The molecule has 1 amide bonds. The van der Waals surface area contributed by atoms with Crippen molar-refractivity contribution >= 4 is 16.9 Å². The molecule has 0 aliphatic rings. The standard InChI is InChI=1S/C23H27NO3/c1-15(2)20-11-21-19(14-27-22(21)8-16(20)3)10-23(25)24-12-17-6-5-7-18(9-17)13-26-4/h5-9,11,14-15H,10,12-13H2,1-4H3,(H,24,25). The number of benzene rings is 2. The molecule has 1 N–H and O–H groups in total. The molecule has 0 fully saturated rings. The van der Waals surface area contributed by atoms with E-state index in [4.69, 9.17) is 9.15 Å². The molecule has 0 unspecified atom stereocenters. The van der Waals surface area contributed by atoms with Gasteiger partial charge in [-0.3, -0.25) is 4.79 Å². The topological polar surface area (TPSA) is 51.5 Å². The minimum atomic E-state index is -0.0125. The number of carbonyl (C=O) groups is 1. The Morgan fingerprint density at radius 1 is 1.19 bits per heavy atom. The van der Waals surface area contributed by atoms with E-state index < -0.39 is 0 Å². The highest BCUT2D eigenvalue weighted by Crippen LogP contribution is 2.29. The molecule has 0 aliphatic heterocycles. The van der Waals surface area contributed by atoms with Crippen LogP contribution in [0.5, 0.6) is 0 Å². The maximum absolute atomic E-state index is 12.4. The molecule has 0 saturated carbocycles. The van der Waals surface area contributed by atoms with E-state index in [1.54, 1.807) is 13.4 Å². The summed E-state index contributed by atoms with van der Waals surface area (Å²) in [5, 5.41) is 4.03. The monoisotopic (exact) mass is 365 g/mol. The Bertz CT molecular complexity index is 940. The molecule has 2 aromatic carbocycles. The molecule has 4 heteroatoms. The summed E-state index contributed by atoms with van der Waals surface area (Å²) >= 11 is 0. The first-order valence-electron chi connectivity index (χ1n) is 9.32. The average Bonchev–Trinajstić information content (AvgIpc) is 3.01. The van der Waals surface area contributed by atoms with E-state index in [9.17, 15) is 4.79 Å². The highest BCUT2D eigenvalue weighted by molar-refractivity contribution is 5.88. The number of nitrogens with one attached hydrogen (secondary N) is 1. The average molecular weight is 365 g/mol. The molecule has 27 heavy (non-hydrogen) atoms. The van der Waals surface area contributed by atoms with Gasteiger partial charge in [-0.05, 0) is 47.2 Å². The Kier molecular flexibility index (Phi) is 5.97. The second kappa shape index (κ2) is 8.40. The zero-order chi connectivity index (χ0) is 19.4. The van der Waals surface area contributed by atoms with Gasteiger partial charge < -0.3 is 14.5 Å². The third-order valence-corrected chi connectivity index (χ3v) is 4.81. The van der Waals surface area contributed by atoms with Gasteiger partial charge in [0, 0.05) is 24.6 Å². The fraction of sp³-hybridized carbons (Fsp3) is 0.348. The van der Waals surface area contributed by atoms with Gasteiger partial charge in [0.25, 0.3) is 0 Å². The lowest BCUT2D eigenvalue weighted by molar-refractivity contribution is -0.120. The molecule has 1 aromatic heterocycles. The van der Waals surface area contributed by atoms with Crippen LogP contribution < -0.4 is 5.32 Å². The Hall–Kier alpha value is -2.59. The van der Waals surface area contributed by atoms with Crippen molar-refractivity contribution in [1.29, 1.82) is 0 Å². The third-order valence-electron chi connectivity index (χ3n) is 4.81. The number of fused-ring (bicyclic) bond motifs is 1. The van der Waals surface area contributed by atoms with E-state index in [-0.39, 0.29) is 5.91 Å². The van der Waals surface area contributed by atoms with Crippen molar-refractivity contribution in [2.45, 2.75) is 46.3 Å². The van der Waals surface area contributed by atoms with E-state index >= 15 is 0 Å². The molecule has 0 aliphatic carbocycles. The van der Waals surface area contributed by atoms with Crippen molar-refractivity contribution in [2.75, 3.05) is 7.11 Å². The fourth-order valence-corrected chi connectivity index (χ4v) is 3.44. The van der Waals surface area contributed by atoms with Gasteiger partial charge in [-0.25, -0.2) is 0 Å². The van der Waals surface area contributed by atoms with Gasteiger partial charge in [-0.2, -0.15) is 0 Å². The van der Waals surface area contributed by atoms with Gasteiger partial charge in [0.1, 0.15) is 5.58 Å². The Balaban J connectivity index is 1.69. The zero-order valence-corrected chi connectivity index (χ0v) is 16.5. The summed E-state index contributed by atoms with van der Waals surface area (Å²) in [5.74, 6) is 0.423. The predicted molar refractivity (Wildman–Crippen MR) is 108 cm³/mol. The second-order valence-electron chi connectivity index (χ2n) is 7.33. The number of carbonyl (C=O) groups excluding carboxylic acids is 1. The van der Waals surface area contributed by atoms with E-state index in [0.717, 1.165) is 27.7 Å². The summed E-state index contributed by atoms with van der Waals surface area (Å²) in [5.41, 5.74) is 6.44. The molecule has 3 rings (SSSR count). The van der Waals surface area contributed by atoms with Crippen LogP contribution in [0.2, 0.25) is 0 Å². The zero-order valence-electron chi connectivity index (χ0n) is 16.5. The summed E-state index contributed by atoms with van der Waals surface area (Å²) in [7, 11) is 1.68. The Morgan fingerprint density at radius 3 is 2.70 bits per heavy atom. The molecule has 0 bridgehead atoms. The quantitative estimate of drug-likeness (QED) is 0.650. The first kappa shape index (κ1) is 19.2. The number of methoxy groups -OCH3 is 1. The second-order valence-corrected chi connectivity index (χ2v) is 7.33. The maximum atomic E-state index is 12.4. The van der Waals surface area contributed by atoms with Crippen molar-refractivity contribution in [3.63, 3.8) is 0 Å². The summed E-state index contributed by atoms with van der Waals surface area (Å²) in [6.07, 6.45) is 2.01. The first-order valence-corrected chi connectivity index (χ1v) is 9.32. The molecular formula is C23H27NO3. The van der Waals surface area contributed by atoms with Crippen LogP contribution in [0.3, 0.4) is 0 Å².